The van der Waals surface area contributed by atoms with Crippen molar-refractivity contribution >= 4 is 11.8 Å². The van der Waals surface area contributed by atoms with Crippen LogP contribution in [0.25, 0.3) is 0 Å². The number of nitrogens with one attached hydrogen (secondary N) is 1. The average molecular weight is 327 g/mol. The van der Waals surface area contributed by atoms with Crippen molar-refractivity contribution in [2.24, 2.45) is 0 Å². The molecule has 3 heterocycles. The Balaban J connectivity index is 1.66. The molecule has 0 atom stereocenters. The fraction of sp³-hybridized carbons (Fsp3) is 0.389. The van der Waals surface area contributed by atoms with Crippen LogP contribution in [-0.4, -0.2) is 34.8 Å². The maximum absolute atomic E-state index is 12.6. The van der Waals surface area contributed by atoms with Crippen LogP contribution < -0.4 is 5.32 Å². The summed E-state index contributed by atoms with van der Waals surface area (Å²) >= 11 is 0. The number of hydrogen-bond donors (Lipinski definition) is 1. The molecule has 0 unspecified atom stereocenters. The summed E-state index contributed by atoms with van der Waals surface area (Å²) in [5, 5.41) is 2.77. The van der Waals surface area contributed by atoms with E-state index in [4.69, 9.17) is 4.42 Å². The number of carbonyl (C=O) groups is 2. The quantitative estimate of drug-likeness (QED) is 0.936. The number of amides is 2. The molecule has 1 aliphatic heterocycles. The van der Waals surface area contributed by atoms with Gasteiger partial charge in [-0.3, -0.25) is 14.6 Å². The minimum Gasteiger partial charge on any atom is -0.467 e. The Morgan fingerprint density at radius 3 is 2.67 bits per heavy atom. The second kappa shape index (κ2) is 7.77. The summed E-state index contributed by atoms with van der Waals surface area (Å²) in [6.45, 7) is 1.83. The van der Waals surface area contributed by atoms with E-state index in [2.05, 4.69) is 10.3 Å². The first kappa shape index (κ1) is 16.2. The Morgan fingerprint density at radius 2 is 1.96 bits per heavy atom. The van der Waals surface area contributed by atoms with Crippen LogP contribution >= 0.6 is 0 Å². The molecule has 0 spiro atoms. The minimum atomic E-state index is -0.251. The standard InChI is InChI=1S/C18H21N3O3/c22-17(20-13-15-6-5-11-24-15)14-7-8-19-16(12-14)18(23)21-9-3-1-2-4-10-21/h5-8,11-12H,1-4,9-10,13H2,(H,20,22). The van der Waals surface area contributed by atoms with Crippen molar-refractivity contribution in [2.45, 2.75) is 32.2 Å². The van der Waals surface area contributed by atoms with Crippen LogP contribution in [0.15, 0.2) is 41.1 Å². The van der Waals surface area contributed by atoms with Crippen LogP contribution in [0, 0.1) is 0 Å². The molecule has 0 bridgehead atoms. The molecular formula is C18H21N3O3. The summed E-state index contributed by atoms with van der Waals surface area (Å²) in [7, 11) is 0. The zero-order chi connectivity index (χ0) is 16.8. The van der Waals surface area contributed by atoms with Gasteiger partial charge in [-0.25, -0.2) is 0 Å². The van der Waals surface area contributed by atoms with Gasteiger partial charge in [-0.1, -0.05) is 12.8 Å². The van der Waals surface area contributed by atoms with E-state index in [1.165, 1.54) is 6.20 Å². The van der Waals surface area contributed by atoms with E-state index in [1.54, 1.807) is 30.5 Å². The predicted octanol–water partition coefficient (Wildman–Crippen LogP) is 2.62. The van der Waals surface area contributed by atoms with Gasteiger partial charge in [0.1, 0.15) is 11.5 Å². The molecule has 2 amide bonds. The number of pyridine rings is 1. The second-order valence-corrected chi connectivity index (χ2v) is 5.90. The van der Waals surface area contributed by atoms with Crippen LogP contribution in [-0.2, 0) is 6.54 Å². The number of furan rings is 1. The van der Waals surface area contributed by atoms with E-state index in [9.17, 15) is 9.59 Å². The first-order chi connectivity index (χ1) is 11.7. The topological polar surface area (TPSA) is 75.4 Å². The lowest BCUT2D eigenvalue weighted by Gasteiger charge is -2.19. The fourth-order valence-corrected chi connectivity index (χ4v) is 2.81. The third-order valence-electron chi connectivity index (χ3n) is 4.14. The van der Waals surface area contributed by atoms with Crippen molar-refractivity contribution in [2.75, 3.05) is 13.1 Å². The molecule has 6 heteroatoms. The molecule has 6 nitrogen and oxygen atoms in total. The number of hydrogen-bond acceptors (Lipinski definition) is 4. The second-order valence-electron chi connectivity index (χ2n) is 5.90. The van der Waals surface area contributed by atoms with E-state index in [-0.39, 0.29) is 11.8 Å². The van der Waals surface area contributed by atoms with Crippen molar-refractivity contribution < 1.29 is 14.0 Å². The van der Waals surface area contributed by atoms with Gasteiger partial charge in [0.2, 0.25) is 0 Å². The molecule has 2 aromatic rings. The molecule has 126 valence electrons. The highest BCUT2D eigenvalue weighted by atomic mass is 16.3. The molecule has 1 fully saturated rings. The van der Waals surface area contributed by atoms with Crippen LogP contribution in [0.4, 0.5) is 0 Å². The lowest BCUT2D eigenvalue weighted by Crippen LogP contribution is -2.32. The lowest BCUT2D eigenvalue weighted by atomic mass is 10.2. The molecule has 0 saturated carbocycles. The third kappa shape index (κ3) is 4.01. The van der Waals surface area contributed by atoms with Gasteiger partial charge in [-0.15, -0.1) is 0 Å². The molecule has 0 aromatic carbocycles. The summed E-state index contributed by atoms with van der Waals surface area (Å²) in [4.78, 5) is 30.8. The molecular weight excluding hydrogens is 306 g/mol. The highest BCUT2D eigenvalue weighted by Gasteiger charge is 2.19. The smallest absolute Gasteiger partial charge is 0.272 e. The maximum Gasteiger partial charge on any atom is 0.272 e. The van der Waals surface area contributed by atoms with Gasteiger partial charge in [0, 0.05) is 24.8 Å². The maximum atomic E-state index is 12.6. The average Bonchev–Trinajstić information content (AvgIpc) is 2.99. The Hall–Kier alpha value is -2.63. The number of rotatable bonds is 4. The van der Waals surface area contributed by atoms with Crippen LogP contribution in [0.3, 0.4) is 0 Å². The van der Waals surface area contributed by atoms with Gasteiger partial charge >= 0.3 is 0 Å². The highest BCUT2D eigenvalue weighted by Crippen LogP contribution is 2.13. The first-order valence-corrected chi connectivity index (χ1v) is 8.30. The van der Waals surface area contributed by atoms with E-state index in [1.807, 2.05) is 4.90 Å². The molecule has 0 radical (unpaired) electrons. The normalized spacial score (nSPS) is 14.9. The van der Waals surface area contributed by atoms with Gasteiger partial charge in [-0.2, -0.15) is 0 Å². The first-order valence-electron chi connectivity index (χ1n) is 8.30. The Kier molecular flexibility index (Phi) is 5.25. The summed E-state index contributed by atoms with van der Waals surface area (Å²) in [5.41, 5.74) is 0.747. The molecule has 1 aliphatic rings. The van der Waals surface area contributed by atoms with Crippen molar-refractivity contribution in [3.05, 3.63) is 53.7 Å². The van der Waals surface area contributed by atoms with E-state index in [0.29, 0.717) is 23.6 Å². The Bertz CT molecular complexity index is 689. The van der Waals surface area contributed by atoms with Gasteiger partial charge in [0.15, 0.2) is 0 Å². The zero-order valence-corrected chi connectivity index (χ0v) is 13.5. The molecule has 1 N–H and O–H groups in total. The summed E-state index contributed by atoms with van der Waals surface area (Å²) in [5.74, 6) is 0.328. The Labute approximate surface area is 140 Å². The molecule has 1 saturated heterocycles. The molecule has 24 heavy (non-hydrogen) atoms. The Morgan fingerprint density at radius 1 is 1.17 bits per heavy atom. The zero-order valence-electron chi connectivity index (χ0n) is 13.5. The minimum absolute atomic E-state index is 0.0995. The fourth-order valence-electron chi connectivity index (χ4n) is 2.81. The lowest BCUT2D eigenvalue weighted by molar-refractivity contribution is 0.0755. The van der Waals surface area contributed by atoms with Crippen LogP contribution in [0.2, 0.25) is 0 Å². The number of likely N-dealkylation sites (tertiary alicyclic amines) is 1. The van der Waals surface area contributed by atoms with E-state index < -0.39 is 0 Å². The number of nitrogens with zero attached hydrogens (tertiary/aromatic N) is 2. The molecule has 2 aromatic heterocycles. The number of aromatic nitrogens is 1. The molecule has 0 aliphatic carbocycles. The summed E-state index contributed by atoms with van der Waals surface area (Å²) in [6, 6.07) is 6.73. The van der Waals surface area contributed by atoms with Crippen molar-refractivity contribution in [3.8, 4) is 0 Å². The van der Waals surface area contributed by atoms with Gasteiger partial charge in [0.25, 0.3) is 11.8 Å². The van der Waals surface area contributed by atoms with E-state index in [0.717, 1.165) is 38.8 Å². The third-order valence-corrected chi connectivity index (χ3v) is 4.14. The van der Waals surface area contributed by atoms with Crippen molar-refractivity contribution in [1.29, 1.82) is 0 Å². The van der Waals surface area contributed by atoms with Crippen LogP contribution in [0.1, 0.15) is 52.3 Å². The summed E-state index contributed by atoms with van der Waals surface area (Å²) in [6.07, 6.45) is 7.43. The van der Waals surface area contributed by atoms with Crippen molar-refractivity contribution in [3.63, 3.8) is 0 Å². The van der Waals surface area contributed by atoms with Gasteiger partial charge < -0.3 is 14.6 Å². The van der Waals surface area contributed by atoms with E-state index >= 15 is 0 Å². The monoisotopic (exact) mass is 327 g/mol. The van der Waals surface area contributed by atoms with Crippen molar-refractivity contribution in [1.82, 2.24) is 15.2 Å². The number of carbonyl (C=O) groups excluding carboxylic acids is 2. The predicted molar refractivity (Wildman–Crippen MR) is 88.5 cm³/mol. The highest BCUT2D eigenvalue weighted by molar-refractivity contribution is 5.98. The van der Waals surface area contributed by atoms with Crippen LogP contribution in [0.5, 0.6) is 0 Å². The molecule has 3 rings (SSSR count). The largest absolute Gasteiger partial charge is 0.467 e. The van der Waals surface area contributed by atoms with Gasteiger partial charge in [0.05, 0.1) is 12.8 Å². The summed E-state index contributed by atoms with van der Waals surface area (Å²) < 4.78 is 5.19. The SMILES string of the molecule is O=C(NCc1ccco1)c1ccnc(C(=O)N2CCCCCC2)c1. The van der Waals surface area contributed by atoms with Gasteiger partial charge in [-0.05, 0) is 37.1 Å².